The Kier molecular flexibility index (Phi) is 8.77. The van der Waals surface area contributed by atoms with Gasteiger partial charge in [0.15, 0.2) is 18.1 Å². The second kappa shape index (κ2) is 13.2. The number of amides is 5. The first-order valence-corrected chi connectivity index (χ1v) is 13.3. The summed E-state index contributed by atoms with van der Waals surface area (Å²) in [6.45, 7) is 0.0959. The maximum atomic E-state index is 13.3. The fourth-order valence-electron chi connectivity index (χ4n) is 4.25. The smallest absolute Gasteiger partial charge is 0.335 e. The molecule has 216 valence electrons. The quantitative estimate of drug-likeness (QED) is 0.202. The van der Waals surface area contributed by atoms with Crippen LogP contribution in [0.1, 0.15) is 11.1 Å². The molecular formula is C33H27N3O7. The second-order valence-electron chi connectivity index (χ2n) is 9.34. The maximum absolute atomic E-state index is 13.3. The highest BCUT2D eigenvalue weighted by Gasteiger charge is 2.36. The molecule has 4 aromatic carbocycles. The molecule has 1 fully saturated rings. The molecule has 1 saturated heterocycles. The Labute approximate surface area is 247 Å². The Hall–Kier alpha value is -5.90. The van der Waals surface area contributed by atoms with E-state index in [-0.39, 0.29) is 29.5 Å². The van der Waals surface area contributed by atoms with E-state index >= 15 is 0 Å². The normalized spacial score (nSPS) is 13.8. The number of urea groups is 1. The number of carbonyl (C=O) groups is 4. The molecule has 1 aliphatic heterocycles. The molecule has 0 bridgehead atoms. The number of rotatable bonds is 10. The van der Waals surface area contributed by atoms with Crippen molar-refractivity contribution in [1.29, 1.82) is 0 Å². The predicted octanol–water partition coefficient (Wildman–Crippen LogP) is 4.96. The number of anilines is 2. The molecule has 5 amide bonds. The van der Waals surface area contributed by atoms with E-state index in [1.54, 1.807) is 66.7 Å². The average molecular weight is 578 g/mol. The van der Waals surface area contributed by atoms with Crippen LogP contribution in [0.25, 0.3) is 6.08 Å². The molecular weight excluding hydrogens is 550 g/mol. The lowest BCUT2D eigenvalue weighted by Gasteiger charge is -2.26. The Balaban J connectivity index is 1.27. The van der Waals surface area contributed by atoms with Crippen LogP contribution in [-0.4, -0.2) is 37.5 Å². The number of benzene rings is 4. The number of ether oxygens (including phenoxy) is 3. The van der Waals surface area contributed by atoms with Crippen molar-refractivity contribution in [3.05, 3.63) is 120 Å². The molecule has 0 unspecified atom stereocenters. The van der Waals surface area contributed by atoms with Crippen molar-refractivity contribution in [3.63, 3.8) is 0 Å². The molecule has 1 heterocycles. The van der Waals surface area contributed by atoms with Crippen molar-refractivity contribution < 1.29 is 33.4 Å². The van der Waals surface area contributed by atoms with Crippen molar-refractivity contribution >= 4 is 41.2 Å². The van der Waals surface area contributed by atoms with Crippen LogP contribution in [0.4, 0.5) is 16.2 Å². The summed E-state index contributed by atoms with van der Waals surface area (Å²) in [5.41, 5.74) is 2.09. The van der Waals surface area contributed by atoms with E-state index in [1.807, 2.05) is 36.4 Å². The number of nitrogens with one attached hydrogen (secondary N) is 2. The minimum Gasteiger partial charge on any atom is -0.493 e. The Morgan fingerprint density at radius 1 is 0.837 bits per heavy atom. The van der Waals surface area contributed by atoms with Crippen LogP contribution in [0.15, 0.2) is 109 Å². The average Bonchev–Trinajstić information content (AvgIpc) is 3.02. The zero-order valence-electron chi connectivity index (χ0n) is 23.1. The second-order valence-corrected chi connectivity index (χ2v) is 9.34. The molecule has 0 radical (unpaired) electrons. The fraction of sp³-hybridized carbons (Fsp3) is 0.0909. The first-order valence-electron chi connectivity index (χ1n) is 13.3. The Morgan fingerprint density at radius 3 is 2.23 bits per heavy atom. The van der Waals surface area contributed by atoms with E-state index in [9.17, 15) is 19.2 Å². The van der Waals surface area contributed by atoms with Gasteiger partial charge in [0.2, 0.25) is 0 Å². The van der Waals surface area contributed by atoms with Gasteiger partial charge in [-0.1, -0.05) is 54.6 Å². The third kappa shape index (κ3) is 7.06. The molecule has 4 aromatic rings. The summed E-state index contributed by atoms with van der Waals surface area (Å²) in [4.78, 5) is 51.8. The van der Waals surface area contributed by atoms with E-state index in [1.165, 1.54) is 13.2 Å². The van der Waals surface area contributed by atoms with E-state index in [0.29, 0.717) is 29.4 Å². The van der Waals surface area contributed by atoms with Crippen LogP contribution < -0.4 is 29.7 Å². The molecule has 10 heteroatoms. The lowest BCUT2D eigenvalue weighted by molar-refractivity contribution is -0.122. The monoisotopic (exact) mass is 577 g/mol. The van der Waals surface area contributed by atoms with E-state index in [0.717, 1.165) is 10.5 Å². The molecule has 0 atom stereocenters. The molecule has 0 saturated carbocycles. The molecule has 5 rings (SSSR count). The molecule has 2 N–H and O–H groups in total. The summed E-state index contributed by atoms with van der Waals surface area (Å²) in [5.74, 6) is -0.849. The van der Waals surface area contributed by atoms with Gasteiger partial charge >= 0.3 is 6.03 Å². The lowest BCUT2D eigenvalue weighted by Crippen LogP contribution is -2.54. The number of carbonyl (C=O) groups excluding carboxylic acids is 4. The summed E-state index contributed by atoms with van der Waals surface area (Å²) >= 11 is 0. The van der Waals surface area contributed by atoms with Crippen LogP contribution >= 0.6 is 0 Å². The van der Waals surface area contributed by atoms with Crippen molar-refractivity contribution in [2.75, 3.05) is 23.9 Å². The molecule has 10 nitrogen and oxygen atoms in total. The van der Waals surface area contributed by atoms with Gasteiger partial charge in [-0.2, -0.15) is 0 Å². The largest absolute Gasteiger partial charge is 0.493 e. The predicted molar refractivity (Wildman–Crippen MR) is 160 cm³/mol. The van der Waals surface area contributed by atoms with Gasteiger partial charge in [0.25, 0.3) is 17.7 Å². The Bertz CT molecular complexity index is 1670. The summed E-state index contributed by atoms with van der Waals surface area (Å²) in [5, 5.41) is 4.94. The number of hydrogen-bond donors (Lipinski definition) is 2. The van der Waals surface area contributed by atoms with Gasteiger partial charge in [0.05, 0.1) is 12.8 Å². The zero-order valence-corrected chi connectivity index (χ0v) is 23.1. The zero-order chi connectivity index (χ0) is 30.2. The first-order chi connectivity index (χ1) is 20.9. The van der Waals surface area contributed by atoms with Crippen LogP contribution in [0.2, 0.25) is 0 Å². The fourth-order valence-corrected chi connectivity index (χ4v) is 4.25. The highest BCUT2D eigenvalue weighted by molar-refractivity contribution is 6.39. The number of barbiturate groups is 1. The van der Waals surface area contributed by atoms with Crippen LogP contribution in [-0.2, 0) is 21.0 Å². The van der Waals surface area contributed by atoms with Crippen LogP contribution in [0.3, 0.4) is 0 Å². The van der Waals surface area contributed by atoms with Crippen molar-refractivity contribution in [2.45, 2.75) is 6.61 Å². The van der Waals surface area contributed by atoms with Crippen LogP contribution in [0.5, 0.6) is 17.2 Å². The summed E-state index contributed by atoms with van der Waals surface area (Å²) in [6, 6.07) is 28.9. The number of hydrogen-bond acceptors (Lipinski definition) is 7. The molecule has 0 spiro atoms. The number of imide groups is 2. The van der Waals surface area contributed by atoms with Gasteiger partial charge in [-0.3, -0.25) is 19.7 Å². The number of methoxy groups -OCH3 is 1. The van der Waals surface area contributed by atoms with Crippen molar-refractivity contribution in [1.82, 2.24) is 5.32 Å². The Morgan fingerprint density at radius 2 is 1.53 bits per heavy atom. The van der Waals surface area contributed by atoms with Crippen LogP contribution in [0, 0.1) is 0 Å². The third-order valence-electron chi connectivity index (χ3n) is 6.36. The SMILES string of the molecule is COc1cc(/C=C2\C(=O)NC(=O)N(c3ccc(OCc4ccccc4)cc3)C2=O)ccc1OCC(=O)Nc1ccccc1. The topological polar surface area (TPSA) is 123 Å². The summed E-state index contributed by atoms with van der Waals surface area (Å²) in [6.07, 6.45) is 1.35. The summed E-state index contributed by atoms with van der Waals surface area (Å²) in [7, 11) is 1.43. The minimum atomic E-state index is -0.861. The van der Waals surface area contributed by atoms with E-state index in [4.69, 9.17) is 14.2 Å². The molecule has 0 aliphatic carbocycles. The van der Waals surface area contributed by atoms with Crippen molar-refractivity contribution in [3.8, 4) is 17.2 Å². The van der Waals surface area contributed by atoms with E-state index < -0.39 is 17.8 Å². The van der Waals surface area contributed by atoms with Crippen molar-refractivity contribution in [2.24, 2.45) is 0 Å². The summed E-state index contributed by atoms with van der Waals surface area (Å²) < 4.78 is 16.8. The maximum Gasteiger partial charge on any atom is 0.335 e. The number of nitrogens with zero attached hydrogens (tertiary/aromatic N) is 1. The number of para-hydroxylation sites is 1. The van der Waals surface area contributed by atoms with Gasteiger partial charge in [-0.15, -0.1) is 0 Å². The molecule has 0 aromatic heterocycles. The van der Waals surface area contributed by atoms with Gasteiger partial charge < -0.3 is 19.5 Å². The van der Waals surface area contributed by atoms with Gasteiger partial charge in [-0.25, -0.2) is 9.69 Å². The minimum absolute atomic E-state index is 0.248. The molecule has 43 heavy (non-hydrogen) atoms. The molecule has 1 aliphatic rings. The highest BCUT2D eigenvalue weighted by atomic mass is 16.5. The third-order valence-corrected chi connectivity index (χ3v) is 6.36. The van der Waals surface area contributed by atoms with Gasteiger partial charge in [-0.05, 0) is 65.7 Å². The van der Waals surface area contributed by atoms with E-state index in [2.05, 4.69) is 10.6 Å². The van der Waals surface area contributed by atoms with Gasteiger partial charge in [0.1, 0.15) is 17.9 Å². The highest BCUT2D eigenvalue weighted by Crippen LogP contribution is 2.30. The standard InChI is InChI=1S/C33H27N3O7/c1-41-29-19-23(12-17-28(29)43-21-30(37)34-24-10-6-3-7-11-24)18-27-31(38)35-33(40)36(32(27)39)25-13-15-26(16-14-25)42-20-22-8-4-2-5-9-22/h2-19H,20-21H2,1H3,(H,34,37)(H,35,38,40)/b27-18+. The lowest BCUT2D eigenvalue weighted by atomic mass is 10.1. The van der Waals surface area contributed by atoms with Gasteiger partial charge in [0, 0.05) is 5.69 Å². The first kappa shape index (κ1) is 28.6.